The number of nitrogens with two attached hydrogens (primary N) is 1. The first-order chi connectivity index (χ1) is 8.56. The van der Waals surface area contributed by atoms with Crippen LogP contribution in [0.1, 0.15) is 28.6 Å². The number of rotatable bonds is 4. The van der Waals surface area contributed by atoms with Gasteiger partial charge in [-0.3, -0.25) is 0 Å². The lowest BCUT2D eigenvalue weighted by Gasteiger charge is -2.14. The smallest absolute Gasteiger partial charge is 0.170 e. The summed E-state index contributed by atoms with van der Waals surface area (Å²) in [5, 5.41) is 0. The Kier molecular flexibility index (Phi) is 4.37. The summed E-state index contributed by atoms with van der Waals surface area (Å²) in [6, 6.07) is 6.46. The molecule has 0 fully saturated rings. The second-order valence-corrected chi connectivity index (χ2v) is 6.40. The van der Waals surface area contributed by atoms with Crippen LogP contribution in [0.15, 0.2) is 22.5 Å². The average molecular weight is 279 g/mol. The fraction of sp³-hybridized carbons (Fsp3) is 0.385. The summed E-state index contributed by atoms with van der Waals surface area (Å²) >= 11 is 3.12. The Balaban J connectivity index is 2.03. The Labute approximate surface area is 116 Å². The molecule has 0 aliphatic heterocycles. The third kappa shape index (κ3) is 3.31. The summed E-state index contributed by atoms with van der Waals surface area (Å²) in [5.74, 6) is 1.67. The summed E-state index contributed by atoms with van der Waals surface area (Å²) in [5.41, 5.74) is 9.99. The van der Waals surface area contributed by atoms with Crippen LogP contribution >= 0.6 is 23.3 Å². The molecule has 1 aromatic carbocycles. The van der Waals surface area contributed by atoms with Gasteiger partial charge in [0.1, 0.15) is 5.82 Å². The molecular formula is C13H17N3S2. The molecule has 0 radical (unpaired) electrons. The zero-order valence-electron chi connectivity index (χ0n) is 10.8. The molecule has 2 rings (SSSR count). The first-order valence-corrected chi connectivity index (χ1v) is 7.58. The van der Waals surface area contributed by atoms with E-state index in [0.717, 1.165) is 15.9 Å². The van der Waals surface area contributed by atoms with Crippen molar-refractivity contribution in [2.75, 3.05) is 5.75 Å². The molecule has 0 amide bonds. The highest BCUT2D eigenvalue weighted by Gasteiger charge is 2.11. The van der Waals surface area contributed by atoms with Gasteiger partial charge in [-0.15, -0.1) is 0 Å². The molecule has 2 N–H and O–H groups in total. The van der Waals surface area contributed by atoms with Gasteiger partial charge in [0, 0.05) is 11.8 Å². The summed E-state index contributed by atoms with van der Waals surface area (Å²) < 4.78 is 5.16. The predicted molar refractivity (Wildman–Crippen MR) is 78.2 cm³/mol. The van der Waals surface area contributed by atoms with Crippen LogP contribution < -0.4 is 5.73 Å². The van der Waals surface area contributed by atoms with Gasteiger partial charge in [-0.2, -0.15) is 4.37 Å². The molecular weight excluding hydrogens is 262 g/mol. The number of aromatic nitrogens is 2. The third-order valence-electron chi connectivity index (χ3n) is 2.73. The summed E-state index contributed by atoms with van der Waals surface area (Å²) in [6.45, 7) is 6.11. The molecule has 1 heterocycles. The maximum atomic E-state index is 6.25. The standard InChI is InChI=1S/C13H17N3S2/c1-8-4-5-9(2)11(6-8)12(14)7-17-13-15-10(3)16-18-13/h4-6,12H,7,14H2,1-3H3. The van der Waals surface area contributed by atoms with Crippen LogP contribution in [0.5, 0.6) is 0 Å². The van der Waals surface area contributed by atoms with Crippen LogP contribution in [-0.2, 0) is 0 Å². The Bertz CT molecular complexity index is 537. The summed E-state index contributed by atoms with van der Waals surface area (Å²) in [6.07, 6.45) is 0. The molecule has 1 unspecified atom stereocenters. The molecule has 18 heavy (non-hydrogen) atoms. The van der Waals surface area contributed by atoms with Crippen molar-refractivity contribution in [3.8, 4) is 0 Å². The molecule has 5 heteroatoms. The first kappa shape index (κ1) is 13.5. The van der Waals surface area contributed by atoms with E-state index in [2.05, 4.69) is 41.4 Å². The molecule has 0 saturated carbocycles. The maximum Gasteiger partial charge on any atom is 0.170 e. The van der Waals surface area contributed by atoms with Crippen molar-refractivity contribution in [1.82, 2.24) is 9.36 Å². The van der Waals surface area contributed by atoms with E-state index in [9.17, 15) is 0 Å². The van der Waals surface area contributed by atoms with Crippen LogP contribution in [0.25, 0.3) is 0 Å². The molecule has 0 aliphatic carbocycles. The minimum absolute atomic E-state index is 0.0408. The van der Waals surface area contributed by atoms with Crippen molar-refractivity contribution in [2.45, 2.75) is 31.2 Å². The van der Waals surface area contributed by atoms with Gasteiger partial charge in [-0.1, -0.05) is 35.5 Å². The first-order valence-electron chi connectivity index (χ1n) is 5.82. The van der Waals surface area contributed by atoms with Crippen LogP contribution in [0.2, 0.25) is 0 Å². The Morgan fingerprint density at radius 1 is 1.33 bits per heavy atom. The topological polar surface area (TPSA) is 51.8 Å². The minimum Gasteiger partial charge on any atom is -0.323 e. The van der Waals surface area contributed by atoms with Crippen molar-refractivity contribution in [1.29, 1.82) is 0 Å². The lowest BCUT2D eigenvalue weighted by Crippen LogP contribution is -2.14. The van der Waals surface area contributed by atoms with Gasteiger partial charge in [0.2, 0.25) is 0 Å². The lowest BCUT2D eigenvalue weighted by atomic mass is 10.0. The normalized spacial score (nSPS) is 12.7. The largest absolute Gasteiger partial charge is 0.323 e. The second kappa shape index (κ2) is 5.82. The average Bonchev–Trinajstić information content (AvgIpc) is 2.75. The van der Waals surface area contributed by atoms with Crippen LogP contribution in [-0.4, -0.2) is 15.1 Å². The highest BCUT2D eigenvalue weighted by Crippen LogP contribution is 2.26. The molecule has 0 aliphatic rings. The molecule has 0 spiro atoms. The molecule has 0 saturated heterocycles. The number of nitrogens with zero attached hydrogens (tertiary/aromatic N) is 2. The number of aryl methyl sites for hydroxylation is 3. The number of hydrogen-bond acceptors (Lipinski definition) is 5. The minimum atomic E-state index is 0.0408. The van der Waals surface area contributed by atoms with E-state index in [4.69, 9.17) is 5.73 Å². The van der Waals surface area contributed by atoms with Crippen molar-refractivity contribution in [3.63, 3.8) is 0 Å². The van der Waals surface area contributed by atoms with E-state index in [1.807, 2.05) is 6.92 Å². The molecule has 1 aromatic heterocycles. The third-order valence-corrected chi connectivity index (χ3v) is 4.77. The van der Waals surface area contributed by atoms with Crippen molar-refractivity contribution in [3.05, 3.63) is 40.7 Å². The van der Waals surface area contributed by atoms with E-state index in [-0.39, 0.29) is 6.04 Å². The zero-order valence-corrected chi connectivity index (χ0v) is 12.4. The Morgan fingerprint density at radius 3 is 2.78 bits per heavy atom. The fourth-order valence-corrected chi connectivity index (χ4v) is 3.40. The maximum absolute atomic E-state index is 6.25. The van der Waals surface area contributed by atoms with E-state index in [0.29, 0.717) is 0 Å². The van der Waals surface area contributed by atoms with Crippen LogP contribution in [0.3, 0.4) is 0 Å². The number of thioether (sulfide) groups is 1. The van der Waals surface area contributed by atoms with Crippen LogP contribution in [0, 0.1) is 20.8 Å². The van der Waals surface area contributed by atoms with Gasteiger partial charge >= 0.3 is 0 Å². The summed E-state index contributed by atoms with van der Waals surface area (Å²) in [4.78, 5) is 4.33. The van der Waals surface area contributed by atoms with Crippen molar-refractivity contribution < 1.29 is 0 Å². The van der Waals surface area contributed by atoms with Gasteiger partial charge in [0.25, 0.3) is 0 Å². The molecule has 2 aromatic rings. The number of benzene rings is 1. The zero-order chi connectivity index (χ0) is 13.1. The Hall–Kier alpha value is -0.910. The van der Waals surface area contributed by atoms with E-state index >= 15 is 0 Å². The van der Waals surface area contributed by atoms with Gasteiger partial charge < -0.3 is 5.73 Å². The van der Waals surface area contributed by atoms with Gasteiger partial charge in [0.15, 0.2) is 4.34 Å². The predicted octanol–water partition coefficient (Wildman–Crippen LogP) is 3.26. The lowest BCUT2D eigenvalue weighted by molar-refractivity contribution is 0.820. The SMILES string of the molecule is Cc1ccc(C)c(C(N)CSc2nc(C)ns2)c1. The van der Waals surface area contributed by atoms with Gasteiger partial charge in [0.05, 0.1) is 0 Å². The second-order valence-electron chi connectivity index (χ2n) is 4.39. The number of hydrogen-bond donors (Lipinski definition) is 1. The van der Waals surface area contributed by atoms with Crippen molar-refractivity contribution in [2.24, 2.45) is 5.73 Å². The highest BCUT2D eigenvalue weighted by atomic mass is 32.2. The van der Waals surface area contributed by atoms with E-state index < -0.39 is 0 Å². The molecule has 96 valence electrons. The van der Waals surface area contributed by atoms with E-state index in [1.54, 1.807) is 11.8 Å². The van der Waals surface area contributed by atoms with Gasteiger partial charge in [-0.25, -0.2) is 4.98 Å². The van der Waals surface area contributed by atoms with E-state index in [1.165, 1.54) is 28.2 Å². The van der Waals surface area contributed by atoms with Crippen LogP contribution in [0.4, 0.5) is 0 Å². The quantitative estimate of drug-likeness (QED) is 0.873. The highest BCUT2D eigenvalue weighted by molar-refractivity contribution is 8.00. The Morgan fingerprint density at radius 2 is 2.11 bits per heavy atom. The fourth-order valence-electron chi connectivity index (χ4n) is 1.75. The molecule has 1 atom stereocenters. The van der Waals surface area contributed by atoms with Crippen molar-refractivity contribution >= 4 is 23.3 Å². The molecule has 3 nitrogen and oxygen atoms in total. The molecule has 0 bridgehead atoms. The summed E-state index contributed by atoms with van der Waals surface area (Å²) in [7, 11) is 0. The van der Waals surface area contributed by atoms with Gasteiger partial charge in [-0.05, 0) is 43.4 Å². The monoisotopic (exact) mass is 279 g/mol.